The van der Waals surface area contributed by atoms with Crippen LogP contribution < -0.4 is 0 Å². The molecule has 0 aromatic heterocycles. The van der Waals surface area contributed by atoms with Gasteiger partial charge in [0, 0.05) is 18.1 Å². The minimum absolute atomic E-state index is 0.0361. The average molecular weight is 262 g/mol. The molecular formula is C12H22O2S2. The summed E-state index contributed by atoms with van der Waals surface area (Å²) in [5, 5.41) is 0. The van der Waals surface area contributed by atoms with Crippen LogP contribution in [0, 0.1) is 0 Å². The summed E-state index contributed by atoms with van der Waals surface area (Å²) in [7, 11) is 0. The summed E-state index contributed by atoms with van der Waals surface area (Å²) >= 11 is 3.96. The lowest BCUT2D eigenvalue weighted by Gasteiger charge is -2.30. The van der Waals surface area contributed by atoms with Crippen molar-refractivity contribution < 1.29 is 9.47 Å². The Labute approximate surface area is 107 Å². The predicted octanol–water partition coefficient (Wildman–Crippen LogP) is 3.50. The summed E-state index contributed by atoms with van der Waals surface area (Å²) in [6, 6.07) is 0. The van der Waals surface area contributed by atoms with Crippen molar-refractivity contribution in [3.05, 3.63) is 0 Å². The molecule has 0 amide bonds. The quantitative estimate of drug-likeness (QED) is 0.665. The Hall–Kier alpha value is 0.620. The van der Waals surface area contributed by atoms with Gasteiger partial charge < -0.3 is 9.47 Å². The monoisotopic (exact) mass is 262 g/mol. The van der Waals surface area contributed by atoms with E-state index in [2.05, 4.69) is 13.8 Å². The molecule has 2 heterocycles. The molecular weight excluding hydrogens is 240 g/mol. The van der Waals surface area contributed by atoms with Crippen LogP contribution >= 0.6 is 23.5 Å². The predicted molar refractivity (Wildman–Crippen MR) is 72.1 cm³/mol. The van der Waals surface area contributed by atoms with E-state index in [4.69, 9.17) is 9.47 Å². The minimum atomic E-state index is 0.0361. The second-order valence-electron chi connectivity index (χ2n) is 4.73. The van der Waals surface area contributed by atoms with Crippen LogP contribution in [0.4, 0.5) is 0 Å². The number of ether oxygens (including phenoxy) is 2. The second-order valence-corrected chi connectivity index (χ2v) is 7.55. The van der Waals surface area contributed by atoms with Crippen molar-refractivity contribution in [1.82, 2.24) is 0 Å². The third-order valence-corrected chi connectivity index (χ3v) is 6.45. The highest BCUT2D eigenvalue weighted by atomic mass is 32.2. The topological polar surface area (TPSA) is 18.5 Å². The Morgan fingerprint density at radius 2 is 1.75 bits per heavy atom. The van der Waals surface area contributed by atoms with E-state index in [1.807, 2.05) is 23.5 Å². The molecule has 2 aliphatic rings. The SMILES string of the molecule is CC1CSC2(CCCCCO1)OC(C)CS2. The molecule has 2 nitrogen and oxygen atoms in total. The summed E-state index contributed by atoms with van der Waals surface area (Å²) in [5.74, 6) is 2.20. The zero-order valence-corrected chi connectivity index (χ0v) is 11.9. The van der Waals surface area contributed by atoms with Gasteiger partial charge in [0.1, 0.15) is 0 Å². The summed E-state index contributed by atoms with van der Waals surface area (Å²) in [6.45, 7) is 5.28. The van der Waals surface area contributed by atoms with E-state index < -0.39 is 0 Å². The number of rotatable bonds is 0. The van der Waals surface area contributed by atoms with Gasteiger partial charge in [-0.1, -0.05) is 6.42 Å². The van der Waals surface area contributed by atoms with Crippen LogP contribution in [-0.2, 0) is 9.47 Å². The van der Waals surface area contributed by atoms with Gasteiger partial charge in [0.25, 0.3) is 0 Å². The highest BCUT2D eigenvalue weighted by molar-refractivity contribution is 8.18. The highest BCUT2D eigenvalue weighted by Gasteiger charge is 2.39. The number of thioether (sulfide) groups is 2. The maximum Gasteiger partial charge on any atom is 0.161 e. The maximum absolute atomic E-state index is 6.14. The summed E-state index contributed by atoms with van der Waals surface area (Å²) in [6.07, 6.45) is 5.71. The van der Waals surface area contributed by atoms with Gasteiger partial charge in [0.05, 0.1) is 12.2 Å². The van der Waals surface area contributed by atoms with Crippen LogP contribution in [0.25, 0.3) is 0 Å². The van der Waals surface area contributed by atoms with Gasteiger partial charge in [-0.2, -0.15) is 0 Å². The molecule has 2 fully saturated rings. The van der Waals surface area contributed by atoms with Crippen molar-refractivity contribution in [2.45, 2.75) is 56.0 Å². The maximum atomic E-state index is 6.14. The van der Waals surface area contributed by atoms with E-state index in [0.29, 0.717) is 12.2 Å². The van der Waals surface area contributed by atoms with Gasteiger partial charge in [-0.3, -0.25) is 0 Å². The third-order valence-electron chi connectivity index (χ3n) is 2.99. The first-order chi connectivity index (χ1) is 7.70. The van der Waals surface area contributed by atoms with E-state index in [1.54, 1.807) is 0 Å². The van der Waals surface area contributed by atoms with Crippen molar-refractivity contribution in [2.24, 2.45) is 0 Å². The summed E-state index contributed by atoms with van der Waals surface area (Å²) < 4.78 is 11.9. The average Bonchev–Trinajstić information content (AvgIpc) is 2.63. The van der Waals surface area contributed by atoms with Crippen LogP contribution in [0.1, 0.15) is 39.5 Å². The third kappa shape index (κ3) is 3.56. The zero-order chi connectivity index (χ0) is 11.4. The Bertz CT molecular complexity index is 225. The fraction of sp³-hybridized carbons (Fsp3) is 1.00. The standard InChI is InChI=1S/C12H22O2S2/c1-10-8-15-12(14-11(2)9-16-12)6-4-3-5-7-13-10/h10-11H,3-9H2,1-2H3. The van der Waals surface area contributed by atoms with Crippen LogP contribution in [0.15, 0.2) is 0 Å². The largest absolute Gasteiger partial charge is 0.378 e. The van der Waals surface area contributed by atoms with E-state index in [1.165, 1.54) is 25.7 Å². The molecule has 3 atom stereocenters. The number of hydrogen-bond donors (Lipinski definition) is 0. The van der Waals surface area contributed by atoms with E-state index >= 15 is 0 Å². The van der Waals surface area contributed by atoms with E-state index in [9.17, 15) is 0 Å². The molecule has 0 bridgehead atoms. The fourth-order valence-corrected chi connectivity index (χ4v) is 5.02. The summed E-state index contributed by atoms with van der Waals surface area (Å²) in [4.78, 5) is 0. The Balaban J connectivity index is 1.93. The number of hydrogen-bond acceptors (Lipinski definition) is 4. The first-order valence-electron chi connectivity index (χ1n) is 6.27. The van der Waals surface area contributed by atoms with Gasteiger partial charge in [0.2, 0.25) is 0 Å². The Kier molecular flexibility index (Phi) is 4.89. The van der Waals surface area contributed by atoms with Crippen molar-refractivity contribution in [2.75, 3.05) is 18.1 Å². The molecule has 2 aliphatic heterocycles. The van der Waals surface area contributed by atoms with Gasteiger partial charge in [-0.05, 0) is 33.1 Å². The zero-order valence-electron chi connectivity index (χ0n) is 10.2. The lowest BCUT2D eigenvalue weighted by Crippen LogP contribution is -2.26. The minimum Gasteiger partial charge on any atom is -0.378 e. The molecule has 3 unspecified atom stereocenters. The lowest BCUT2D eigenvalue weighted by molar-refractivity contribution is 0.0449. The van der Waals surface area contributed by atoms with Crippen molar-refractivity contribution in [3.8, 4) is 0 Å². The molecule has 0 aromatic carbocycles. The molecule has 0 aromatic rings. The van der Waals surface area contributed by atoms with Gasteiger partial charge >= 0.3 is 0 Å². The van der Waals surface area contributed by atoms with E-state index in [0.717, 1.165) is 18.1 Å². The Morgan fingerprint density at radius 3 is 2.44 bits per heavy atom. The molecule has 2 saturated heterocycles. The Morgan fingerprint density at radius 1 is 1.00 bits per heavy atom. The molecule has 94 valence electrons. The summed E-state index contributed by atoms with van der Waals surface area (Å²) in [5.41, 5.74) is 0. The van der Waals surface area contributed by atoms with Gasteiger partial charge in [-0.25, -0.2) is 0 Å². The highest BCUT2D eigenvalue weighted by Crippen LogP contribution is 2.49. The van der Waals surface area contributed by atoms with Gasteiger partial charge in [-0.15, -0.1) is 23.5 Å². The first-order valence-corrected chi connectivity index (χ1v) is 8.25. The van der Waals surface area contributed by atoms with Crippen molar-refractivity contribution >= 4 is 23.5 Å². The normalized spacial score (nSPS) is 42.4. The van der Waals surface area contributed by atoms with E-state index in [-0.39, 0.29) is 4.27 Å². The van der Waals surface area contributed by atoms with Crippen LogP contribution in [0.3, 0.4) is 0 Å². The lowest BCUT2D eigenvalue weighted by atomic mass is 10.2. The molecule has 1 spiro atoms. The molecule has 0 aliphatic carbocycles. The smallest absolute Gasteiger partial charge is 0.161 e. The van der Waals surface area contributed by atoms with Crippen LogP contribution in [-0.4, -0.2) is 34.6 Å². The van der Waals surface area contributed by atoms with Crippen molar-refractivity contribution in [1.29, 1.82) is 0 Å². The molecule has 0 N–H and O–H groups in total. The first kappa shape index (κ1) is 13.1. The molecule has 2 rings (SSSR count). The second kappa shape index (κ2) is 5.98. The van der Waals surface area contributed by atoms with Crippen molar-refractivity contribution in [3.63, 3.8) is 0 Å². The van der Waals surface area contributed by atoms with Gasteiger partial charge in [0.15, 0.2) is 4.27 Å². The van der Waals surface area contributed by atoms with Crippen LogP contribution in [0.2, 0.25) is 0 Å². The fourth-order valence-electron chi connectivity index (χ4n) is 2.10. The van der Waals surface area contributed by atoms with Crippen LogP contribution in [0.5, 0.6) is 0 Å². The molecule has 0 radical (unpaired) electrons. The molecule has 0 saturated carbocycles. The molecule has 16 heavy (non-hydrogen) atoms. The molecule has 4 heteroatoms.